The normalized spacial score (nSPS) is 14.1. The minimum Gasteiger partial charge on any atom is -0.493 e. The molecule has 0 aliphatic carbocycles. The molecule has 0 atom stereocenters. The molecular formula is C18H21N7O3S. The number of aromatic nitrogens is 3. The highest BCUT2D eigenvalue weighted by molar-refractivity contribution is 7.16. The molecule has 11 heteroatoms. The van der Waals surface area contributed by atoms with Gasteiger partial charge in [-0.3, -0.25) is 0 Å². The van der Waals surface area contributed by atoms with Crippen molar-refractivity contribution in [3.8, 4) is 11.5 Å². The summed E-state index contributed by atoms with van der Waals surface area (Å²) in [5.74, 6) is 2.11. The fraction of sp³-hybridized carbons (Fsp3) is 0.333. The zero-order valence-corrected chi connectivity index (χ0v) is 16.9. The van der Waals surface area contributed by atoms with Crippen LogP contribution in [0.4, 0.5) is 22.2 Å². The van der Waals surface area contributed by atoms with Gasteiger partial charge in [0.2, 0.25) is 5.95 Å². The number of hydrogen-bond acceptors (Lipinski definition) is 9. The quantitative estimate of drug-likeness (QED) is 0.664. The highest BCUT2D eigenvalue weighted by Crippen LogP contribution is 2.30. The minimum atomic E-state index is -0.169. The van der Waals surface area contributed by atoms with Gasteiger partial charge in [-0.2, -0.15) is 4.98 Å². The zero-order valence-electron chi connectivity index (χ0n) is 16.1. The number of urea groups is 1. The van der Waals surface area contributed by atoms with Crippen molar-refractivity contribution in [2.24, 2.45) is 0 Å². The van der Waals surface area contributed by atoms with Crippen LogP contribution in [0.5, 0.6) is 11.5 Å². The summed E-state index contributed by atoms with van der Waals surface area (Å²) in [5, 5.41) is 2.90. The number of nitrogens with one attached hydrogen (secondary N) is 1. The molecule has 0 bridgehead atoms. The molecule has 3 heterocycles. The van der Waals surface area contributed by atoms with E-state index in [9.17, 15) is 4.79 Å². The van der Waals surface area contributed by atoms with Crippen LogP contribution >= 0.6 is 11.3 Å². The van der Waals surface area contributed by atoms with Crippen LogP contribution < -0.4 is 25.4 Å². The molecule has 3 aromatic rings. The molecule has 0 radical (unpaired) electrons. The van der Waals surface area contributed by atoms with Crippen molar-refractivity contribution < 1.29 is 14.3 Å². The first kappa shape index (κ1) is 19.0. The van der Waals surface area contributed by atoms with Crippen molar-refractivity contribution in [3.63, 3.8) is 0 Å². The summed E-state index contributed by atoms with van der Waals surface area (Å²) in [6.07, 6.45) is 0. The van der Waals surface area contributed by atoms with Crippen molar-refractivity contribution >= 4 is 45.2 Å². The summed E-state index contributed by atoms with van der Waals surface area (Å²) < 4.78 is 10.5. The Kier molecular flexibility index (Phi) is 5.21. The van der Waals surface area contributed by atoms with Gasteiger partial charge in [-0.25, -0.2) is 14.8 Å². The summed E-state index contributed by atoms with van der Waals surface area (Å²) in [6, 6.07) is 5.09. The number of carbonyl (C=O) groups is 1. The van der Waals surface area contributed by atoms with Gasteiger partial charge < -0.3 is 30.3 Å². The van der Waals surface area contributed by atoms with Crippen LogP contribution in [0.1, 0.15) is 0 Å². The first-order chi connectivity index (χ1) is 14.1. The van der Waals surface area contributed by atoms with E-state index >= 15 is 0 Å². The standard InChI is InChI=1S/C18H21N7O3S/c1-27-12-4-3-11(9-13(12)28-2)21-18(26)25-7-5-24(6-8-25)15-14-16(29-10-20-14)23-17(19)22-15/h3-4,9-10H,5-8H2,1-2H3,(H,21,26)(H2,19,22,23). The monoisotopic (exact) mass is 415 g/mol. The summed E-state index contributed by atoms with van der Waals surface area (Å²) in [4.78, 5) is 30.2. The lowest BCUT2D eigenvalue weighted by atomic mass is 10.2. The smallest absolute Gasteiger partial charge is 0.321 e. The number of fused-ring (bicyclic) bond motifs is 1. The molecule has 29 heavy (non-hydrogen) atoms. The lowest BCUT2D eigenvalue weighted by Crippen LogP contribution is -2.50. The largest absolute Gasteiger partial charge is 0.493 e. The van der Waals surface area contributed by atoms with E-state index in [1.54, 1.807) is 42.8 Å². The van der Waals surface area contributed by atoms with Gasteiger partial charge in [0, 0.05) is 37.9 Å². The van der Waals surface area contributed by atoms with Gasteiger partial charge in [-0.05, 0) is 12.1 Å². The Balaban J connectivity index is 1.41. The van der Waals surface area contributed by atoms with Gasteiger partial charge in [0.15, 0.2) is 22.1 Å². The first-order valence-corrected chi connectivity index (χ1v) is 9.86. The molecule has 2 aromatic heterocycles. The molecule has 2 amide bonds. The van der Waals surface area contributed by atoms with E-state index in [1.807, 2.05) is 0 Å². The van der Waals surface area contributed by atoms with Gasteiger partial charge in [0.1, 0.15) is 5.52 Å². The number of methoxy groups -OCH3 is 2. The second-order valence-corrected chi connectivity index (χ2v) is 7.22. The Labute approximate surface area is 171 Å². The number of nitrogen functional groups attached to an aromatic ring is 1. The number of nitrogens with zero attached hydrogens (tertiary/aromatic N) is 5. The van der Waals surface area contributed by atoms with E-state index in [4.69, 9.17) is 15.2 Å². The lowest BCUT2D eigenvalue weighted by molar-refractivity contribution is 0.208. The Morgan fingerprint density at radius 3 is 2.62 bits per heavy atom. The van der Waals surface area contributed by atoms with Crippen molar-refractivity contribution in [1.29, 1.82) is 0 Å². The van der Waals surface area contributed by atoms with Crippen molar-refractivity contribution in [2.45, 2.75) is 0 Å². The SMILES string of the molecule is COc1ccc(NC(=O)N2CCN(c3nc(N)nc4scnc34)CC2)cc1OC. The number of thiazole rings is 1. The van der Waals surface area contributed by atoms with Crippen LogP contribution in [0.15, 0.2) is 23.7 Å². The van der Waals surface area contributed by atoms with E-state index < -0.39 is 0 Å². The number of ether oxygens (including phenoxy) is 2. The number of rotatable bonds is 4. The third-order valence-electron chi connectivity index (χ3n) is 4.70. The molecule has 1 aromatic carbocycles. The van der Waals surface area contributed by atoms with E-state index in [-0.39, 0.29) is 12.0 Å². The summed E-state index contributed by atoms with van der Waals surface area (Å²) in [7, 11) is 3.13. The van der Waals surface area contributed by atoms with Crippen LogP contribution in [-0.2, 0) is 0 Å². The molecule has 1 fully saturated rings. The van der Waals surface area contributed by atoms with Gasteiger partial charge in [-0.1, -0.05) is 0 Å². The number of amides is 2. The molecule has 0 spiro atoms. The molecule has 3 N–H and O–H groups in total. The number of piperazine rings is 1. The number of nitrogens with two attached hydrogens (primary N) is 1. The summed E-state index contributed by atoms with van der Waals surface area (Å²) in [5.41, 5.74) is 8.95. The van der Waals surface area contributed by atoms with Crippen molar-refractivity contribution in [3.05, 3.63) is 23.7 Å². The van der Waals surface area contributed by atoms with Crippen LogP contribution in [0, 0.1) is 0 Å². The molecule has 1 aliphatic heterocycles. The minimum absolute atomic E-state index is 0.169. The topological polar surface area (TPSA) is 119 Å². The summed E-state index contributed by atoms with van der Waals surface area (Å²) >= 11 is 1.43. The lowest BCUT2D eigenvalue weighted by Gasteiger charge is -2.35. The molecule has 1 aliphatic rings. The third kappa shape index (κ3) is 3.81. The molecular weight excluding hydrogens is 394 g/mol. The van der Waals surface area contributed by atoms with E-state index in [0.29, 0.717) is 49.2 Å². The van der Waals surface area contributed by atoms with Gasteiger partial charge >= 0.3 is 6.03 Å². The summed E-state index contributed by atoms with van der Waals surface area (Å²) in [6.45, 7) is 2.36. The zero-order chi connectivity index (χ0) is 20.4. The Hall–Kier alpha value is -3.34. The van der Waals surface area contributed by atoms with Crippen molar-refractivity contribution in [1.82, 2.24) is 19.9 Å². The number of anilines is 3. The fourth-order valence-electron chi connectivity index (χ4n) is 3.22. The number of carbonyl (C=O) groups excluding carboxylic acids is 1. The van der Waals surface area contributed by atoms with E-state index in [1.165, 1.54) is 11.3 Å². The molecule has 152 valence electrons. The van der Waals surface area contributed by atoms with Crippen molar-refractivity contribution in [2.75, 3.05) is 56.3 Å². The Bertz CT molecular complexity index is 1030. The number of hydrogen-bond donors (Lipinski definition) is 2. The van der Waals surface area contributed by atoms with Crippen LogP contribution in [0.3, 0.4) is 0 Å². The highest BCUT2D eigenvalue weighted by atomic mass is 32.1. The van der Waals surface area contributed by atoms with E-state index in [2.05, 4.69) is 25.2 Å². The Morgan fingerprint density at radius 2 is 1.90 bits per heavy atom. The second-order valence-electron chi connectivity index (χ2n) is 6.39. The first-order valence-electron chi connectivity index (χ1n) is 8.98. The highest BCUT2D eigenvalue weighted by Gasteiger charge is 2.24. The van der Waals surface area contributed by atoms with Crippen LogP contribution in [0.25, 0.3) is 10.3 Å². The molecule has 0 unspecified atom stereocenters. The van der Waals surface area contributed by atoms with Gasteiger partial charge in [0.25, 0.3) is 0 Å². The molecule has 4 rings (SSSR count). The molecule has 0 saturated carbocycles. The van der Waals surface area contributed by atoms with Gasteiger partial charge in [0.05, 0.1) is 19.7 Å². The third-order valence-corrected chi connectivity index (χ3v) is 5.42. The second kappa shape index (κ2) is 7.95. The maximum atomic E-state index is 12.7. The maximum Gasteiger partial charge on any atom is 0.321 e. The van der Waals surface area contributed by atoms with Gasteiger partial charge in [-0.15, -0.1) is 11.3 Å². The Morgan fingerprint density at radius 1 is 1.14 bits per heavy atom. The molecule has 1 saturated heterocycles. The maximum absolute atomic E-state index is 12.7. The average molecular weight is 415 g/mol. The fourth-order valence-corrected chi connectivity index (χ4v) is 3.88. The predicted octanol–water partition coefficient (Wildman–Crippen LogP) is 2.04. The number of benzene rings is 1. The van der Waals surface area contributed by atoms with Crippen LogP contribution in [0.2, 0.25) is 0 Å². The van der Waals surface area contributed by atoms with Crippen LogP contribution in [-0.4, -0.2) is 66.3 Å². The average Bonchev–Trinajstić information content (AvgIpc) is 3.21. The van der Waals surface area contributed by atoms with E-state index in [0.717, 1.165) is 10.3 Å². The molecule has 10 nitrogen and oxygen atoms in total. The predicted molar refractivity (Wildman–Crippen MR) is 112 cm³/mol.